The second kappa shape index (κ2) is 5.32. The monoisotopic (exact) mass is 200 g/mol. The number of carbonyl (C=O) groups excluding carboxylic acids is 1. The van der Waals surface area contributed by atoms with E-state index < -0.39 is 6.10 Å². The molecule has 1 saturated carbocycles. The Morgan fingerprint density at radius 1 is 1.50 bits per heavy atom. The third kappa shape index (κ3) is 2.96. The van der Waals surface area contributed by atoms with Gasteiger partial charge in [-0.05, 0) is 19.3 Å². The first-order chi connectivity index (χ1) is 6.65. The van der Waals surface area contributed by atoms with Crippen LogP contribution in [0.4, 0.5) is 0 Å². The first-order valence-corrected chi connectivity index (χ1v) is 5.35. The molecular formula is C10H20N2O2. The normalized spacial score (nSPS) is 29.9. The van der Waals surface area contributed by atoms with Crippen molar-refractivity contribution < 1.29 is 9.53 Å². The van der Waals surface area contributed by atoms with Crippen molar-refractivity contribution >= 4 is 5.91 Å². The van der Waals surface area contributed by atoms with Gasteiger partial charge < -0.3 is 16.2 Å². The van der Waals surface area contributed by atoms with Gasteiger partial charge >= 0.3 is 0 Å². The van der Waals surface area contributed by atoms with Gasteiger partial charge in [0, 0.05) is 6.04 Å². The molecule has 4 heteroatoms. The van der Waals surface area contributed by atoms with Crippen LogP contribution in [0.3, 0.4) is 0 Å². The van der Waals surface area contributed by atoms with E-state index in [0.717, 1.165) is 25.7 Å². The largest absolute Gasteiger partial charge is 0.367 e. The first kappa shape index (κ1) is 11.5. The smallest absolute Gasteiger partial charge is 0.246 e. The molecule has 0 aromatic heterocycles. The van der Waals surface area contributed by atoms with Crippen LogP contribution in [0.15, 0.2) is 0 Å². The summed E-state index contributed by atoms with van der Waals surface area (Å²) in [6.07, 6.45) is 4.40. The van der Waals surface area contributed by atoms with E-state index in [2.05, 4.69) is 0 Å². The van der Waals surface area contributed by atoms with Crippen LogP contribution in [0, 0.1) is 0 Å². The summed E-state index contributed by atoms with van der Waals surface area (Å²) >= 11 is 0. The Hall–Kier alpha value is -0.610. The SMILES string of the molecule is CCC(OC1CCCCC1N)C(N)=O. The van der Waals surface area contributed by atoms with Crippen molar-refractivity contribution in [3.63, 3.8) is 0 Å². The lowest BCUT2D eigenvalue weighted by Gasteiger charge is -2.30. The molecule has 82 valence electrons. The molecule has 14 heavy (non-hydrogen) atoms. The second-order valence-electron chi connectivity index (χ2n) is 3.92. The minimum absolute atomic E-state index is 0.0150. The lowest BCUT2D eigenvalue weighted by Crippen LogP contribution is -2.44. The molecule has 1 rings (SSSR count). The van der Waals surface area contributed by atoms with Crippen molar-refractivity contribution in [2.45, 2.75) is 57.3 Å². The fourth-order valence-electron chi connectivity index (χ4n) is 1.87. The van der Waals surface area contributed by atoms with Crippen molar-refractivity contribution in [1.82, 2.24) is 0 Å². The molecule has 0 aliphatic heterocycles. The molecule has 0 heterocycles. The third-order valence-corrected chi connectivity index (χ3v) is 2.78. The van der Waals surface area contributed by atoms with E-state index in [9.17, 15) is 4.79 Å². The first-order valence-electron chi connectivity index (χ1n) is 5.35. The summed E-state index contributed by atoms with van der Waals surface area (Å²) in [5.41, 5.74) is 11.1. The molecule has 0 saturated heterocycles. The number of rotatable bonds is 4. The average Bonchev–Trinajstić information content (AvgIpc) is 2.16. The fraction of sp³-hybridized carbons (Fsp3) is 0.900. The molecule has 0 spiro atoms. The van der Waals surface area contributed by atoms with Crippen molar-refractivity contribution in [2.75, 3.05) is 0 Å². The third-order valence-electron chi connectivity index (χ3n) is 2.78. The highest BCUT2D eigenvalue weighted by atomic mass is 16.5. The summed E-state index contributed by atoms with van der Waals surface area (Å²) in [7, 11) is 0. The molecule has 1 amide bonds. The van der Waals surface area contributed by atoms with Gasteiger partial charge in [-0.15, -0.1) is 0 Å². The van der Waals surface area contributed by atoms with Gasteiger partial charge in [0.15, 0.2) is 0 Å². The highest BCUT2D eigenvalue weighted by Gasteiger charge is 2.26. The molecular weight excluding hydrogens is 180 g/mol. The Kier molecular flexibility index (Phi) is 4.35. The minimum Gasteiger partial charge on any atom is -0.367 e. The minimum atomic E-state index is -0.468. The fourth-order valence-corrected chi connectivity index (χ4v) is 1.87. The number of primary amides is 1. The Balaban J connectivity index is 2.43. The Morgan fingerprint density at radius 3 is 2.64 bits per heavy atom. The number of amides is 1. The predicted octanol–water partition coefficient (Wildman–Crippen LogP) is 0.537. The Labute approximate surface area is 85.0 Å². The van der Waals surface area contributed by atoms with Crippen LogP contribution in [0.25, 0.3) is 0 Å². The van der Waals surface area contributed by atoms with Gasteiger partial charge in [0.2, 0.25) is 5.91 Å². The summed E-state index contributed by atoms with van der Waals surface area (Å²) in [6, 6.07) is 0.0668. The molecule has 0 aromatic carbocycles. The number of hydrogen-bond donors (Lipinski definition) is 2. The van der Waals surface area contributed by atoms with Crippen molar-refractivity contribution in [3.05, 3.63) is 0 Å². The quantitative estimate of drug-likeness (QED) is 0.695. The Bertz CT molecular complexity index is 197. The molecule has 3 unspecified atom stereocenters. The standard InChI is InChI=1S/C10H20N2O2/c1-2-8(10(12)13)14-9-6-4-3-5-7(9)11/h7-9H,2-6,11H2,1H3,(H2,12,13). The van der Waals surface area contributed by atoms with Crippen molar-refractivity contribution in [2.24, 2.45) is 11.5 Å². The van der Waals surface area contributed by atoms with Crippen LogP contribution < -0.4 is 11.5 Å². The van der Waals surface area contributed by atoms with Gasteiger partial charge in [-0.2, -0.15) is 0 Å². The van der Waals surface area contributed by atoms with Gasteiger partial charge in [0.25, 0.3) is 0 Å². The maximum absolute atomic E-state index is 11.0. The van der Waals surface area contributed by atoms with Gasteiger partial charge in [-0.3, -0.25) is 4.79 Å². The highest BCUT2D eigenvalue weighted by molar-refractivity contribution is 5.78. The molecule has 4 nitrogen and oxygen atoms in total. The summed E-state index contributed by atoms with van der Waals surface area (Å²) in [4.78, 5) is 11.0. The van der Waals surface area contributed by atoms with E-state index >= 15 is 0 Å². The molecule has 4 N–H and O–H groups in total. The summed E-state index contributed by atoms with van der Waals surface area (Å²) in [6.45, 7) is 1.89. The van der Waals surface area contributed by atoms with Crippen molar-refractivity contribution in [3.8, 4) is 0 Å². The van der Waals surface area contributed by atoms with Crippen LogP contribution in [-0.4, -0.2) is 24.2 Å². The van der Waals surface area contributed by atoms with E-state index in [1.807, 2.05) is 6.92 Å². The van der Waals surface area contributed by atoms with Gasteiger partial charge in [0.1, 0.15) is 6.10 Å². The number of hydrogen-bond acceptors (Lipinski definition) is 3. The molecule has 0 bridgehead atoms. The predicted molar refractivity (Wildman–Crippen MR) is 54.6 cm³/mol. The Morgan fingerprint density at radius 2 is 2.14 bits per heavy atom. The van der Waals surface area contributed by atoms with E-state index in [-0.39, 0.29) is 18.1 Å². The zero-order valence-corrected chi connectivity index (χ0v) is 8.74. The molecule has 0 radical (unpaired) electrons. The van der Waals surface area contributed by atoms with Crippen LogP contribution in [0.1, 0.15) is 39.0 Å². The molecule has 1 aliphatic rings. The average molecular weight is 200 g/mol. The zero-order valence-electron chi connectivity index (χ0n) is 8.74. The van der Waals surface area contributed by atoms with E-state index in [1.165, 1.54) is 0 Å². The summed E-state index contributed by atoms with van der Waals surface area (Å²) in [5.74, 6) is -0.384. The highest BCUT2D eigenvalue weighted by Crippen LogP contribution is 2.21. The van der Waals surface area contributed by atoms with Crippen LogP contribution in [0.5, 0.6) is 0 Å². The number of carbonyl (C=O) groups is 1. The van der Waals surface area contributed by atoms with Crippen molar-refractivity contribution in [1.29, 1.82) is 0 Å². The van der Waals surface area contributed by atoms with E-state index in [0.29, 0.717) is 6.42 Å². The summed E-state index contributed by atoms with van der Waals surface area (Å²) in [5, 5.41) is 0. The lowest BCUT2D eigenvalue weighted by atomic mass is 9.93. The topological polar surface area (TPSA) is 78.3 Å². The molecule has 1 fully saturated rings. The van der Waals surface area contributed by atoms with Crippen LogP contribution >= 0.6 is 0 Å². The number of ether oxygens (including phenoxy) is 1. The van der Waals surface area contributed by atoms with E-state index in [1.54, 1.807) is 0 Å². The second-order valence-corrected chi connectivity index (χ2v) is 3.92. The zero-order chi connectivity index (χ0) is 10.6. The van der Waals surface area contributed by atoms with Gasteiger partial charge in [-0.25, -0.2) is 0 Å². The van der Waals surface area contributed by atoms with Crippen LogP contribution in [0.2, 0.25) is 0 Å². The van der Waals surface area contributed by atoms with Gasteiger partial charge in [0.05, 0.1) is 6.10 Å². The summed E-state index contributed by atoms with van der Waals surface area (Å²) < 4.78 is 5.61. The number of nitrogens with two attached hydrogens (primary N) is 2. The van der Waals surface area contributed by atoms with Crippen LogP contribution in [-0.2, 0) is 9.53 Å². The maximum atomic E-state index is 11.0. The molecule has 1 aliphatic carbocycles. The maximum Gasteiger partial charge on any atom is 0.246 e. The van der Waals surface area contributed by atoms with Gasteiger partial charge in [-0.1, -0.05) is 19.8 Å². The lowest BCUT2D eigenvalue weighted by molar-refractivity contribution is -0.135. The molecule has 3 atom stereocenters. The molecule has 0 aromatic rings. The van der Waals surface area contributed by atoms with E-state index in [4.69, 9.17) is 16.2 Å².